The third-order valence-corrected chi connectivity index (χ3v) is 4.03. The summed E-state index contributed by atoms with van der Waals surface area (Å²) in [4.78, 5) is 0. The van der Waals surface area contributed by atoms with E-state index >= 15 is 0 Å². The van der Waals surface area contributed by atoms with Gasteiger partial charge in [0.1, 0.15) is 7.28 Å². The summed E-state index contributed by atoms with van der Waals surface area (Å²) >= 11 is 0. The minimum absolute atomic E-state index is 0.158. The smallest absolute Gasteiger partial charge is 0.245 e. The predicted octanol–water partition coefficient (Wildman–Crippen LogP) is 4.34. The molecule has 1 aromatic carbocycles. The third kappa shape index (κ3) is 4.46. The molecule has 117 valence electrons. The van der Waals surface area contributed by atoms with Gasteiger partial charge in [-0.3, -0.25) is 0 Å². The van der Waals surface area contributed by atoms with Crippen LogP contribution in [0.15, 0.2) is 37.1 Å². The van der Waals surface area contributed by atoms with Crippen LogP contribution in [0, 0.1) is 0 Å². The minimum Gasteiger partial charge on any atom is -0.394 e. The molecule has 1 nitrogen and oxygen atoms in total. The molecule has 0 saturated heterocycles. The Kier molecular flexibility index (Phi) is 5.10. The average Bonchev–Trinajstić information content (AvgIpc) is 2.43. The summed E-state index contributed by atoms with van der Waals surface area (Å²) in [5, 5.41) is 3.28. The van der Waals surface area contributed by atoms with E-state index in [0.717, 1.165) is 25.2 Å². The SMILES string of the molecule is C=C(CCC(C)(F)F)NC1[B]Cc2c(cccc2C(=C)C)C1. The van der Waals surface area contributed by atoms with Gasteiger partial charge in [-0.05, 0) is 49.3 Å². The first kappa shape index (κ1) is 16.8. The molecule has 1 aliphatic heterocycles. The van der Waals surface area contributed by atoms with E-state index in [2.05, 4.69) is 44.0 Å². The summed E-state index contributed by atoms with van der Waals surface area (Å²) in [7, 11) is 2.20. The molecule has 0 amide bonds. The molecule has 1 unspecified atom stereocenters. The first-order chi connectivity index (χ1) is 10.3. The van der Waals surface area contributed by atoms with Crippen molar-refractivity contribution in [2.75, 3.05) is 0 Å². The fourth-order valence-corrected chi connectivity index (χ4v) is 2.86. The van der Waals surface area contributed by atoms with Gasteiger partial charge >= 0.3 is 0 Å². The quantitative estimate of drug-likeness (QED) is 0.771. The zero-order valence-electron chi connectivity index (χ0n) is 13.4. The van der Waals surface area contributed by atoms with Crippen LogP contribution in [0.1, 0.15) is 43.4 Å². The van der Waals surface area contributed by atoms with E-state index in [9.17, 15) is 8.78 Å². The number of allylic oxidation sites excluding steroid dienone is 2. The lowest BCUT2D eigenvalue weighted by atomic mass is 9.57. The van der Waals surface area contributed by atoms with Crippen LogP contribution < -0.4 is 5.32 Å². The van der Waals surface area contributed by atoms with Crippen molar-refractivity contribution in [1.29, 1.82) is 0 Å². The summed E-state index contributed by atoms with van der Waals surface area (Å²) in [5.74, 6) is -2.48. The van der Waals surface area contributed by atoms with Crippen molar-refractivity contribution < 1.29 is 8.78 Å². The molecular formula is C18H23BF2N. The molecule has 22 heavy (non-hydrogen) atoms. The normalized spacial score (nSPS) is 17.4. The number of hydrogen-bond acceptors (Lipinski definition) is 1. The zero-order valence-corrected chi connectivity index (χ0v) is 13.4. The van der Waals surface area contributed by atoms with Crippen molar-refractivity contribution in [3.8, 4) is 0 Å². The topological polar surface area (TPSA) is 12.0 Å². The standard InChI is InChI=1S/C18H23BF2N/c1-12(2)15-7-5-6-14-10-17(19-11-16(14)15)22-13(3)8-9-18(4,20)21/h5-7,17,22H,1,3,8-11H2,2,4H3. The summed E-state index contributed by atoms with van der Waals surface area (Å²) in [5.41, 5.74) is 5.61. The van der Waals surface area contributed by atoms with E-state index in [1.165, 1.54) is 16.7 Å². The van der Waals surface area contributed by atoms with Gasteiger partial charge in [0.25, 0.3) is 0 Å². The van der Waals surface area contributed by atoms with Gasteiger partial charge in [-0.2, -0.15) is 0 Å². The summed E-state index contributed by atoms with van der Waals surface area (Å²) in [6.45, 7) is 10.9. The Labute approximate surface area is 132 Å². The van der Waals surface area contributed by atoms with Crippen LogP contribution in [-0.2, 0) is 12.7 Å². The maximum absolute atomic E-state index is 12.9. The van der Waals surface area contributed by atoms with Crippen molar-refractivity contribution >= 4 is 12.9 Å². The second-order valence-corrected chi connectivity index (χ2v) is 6.29. The molecule has 1 atom stereocenters. The van der Waals surface area contributed by atoms with Gasteiger partial charge in [-0.25, -0.2) is 8.78 Å². The Morgan fingerprint density at radius 1 is 1.41 bits per heavy atom. The number of rotatable bonds is 6. The van der Waals surface area contributed by atoms with Gasteiger partial charge in [-0.15, -0.1) is 0 Å². The summed E-state index contributed by atoms with van der Waals surface area (Å²) in [6.07, 6.45) is 1.86. The Morgan fingerprint density at radius 3 is 2.77 bits per heavy atom. The lowest BCUT2D eigenvalue weighted by Crippen LogP contribution is -2.40. The average molecular weight is 302 g/mol. The van der Waals surface area contributed by atoms with Gasteiger partial charge < -0.3 is 5.32 Å². The van der Waals surface area contributed by atoms with Gasteiger partial charge in [0.15, 0.2) is 0 Å². The fourth-order valence-electron chi connectivity index (χ4n) is 2.86. The molecule has 1 radical (unpaired) electrons. The molecule has 0 bridgehead atoms. The summed E-state index contributed by atoms with van der Waals surface area (Å²) in [6, 6.07) is 6.29. The van der Waals surface area contributed by atoms with Crippen molar-refractivity contribution in [3.63, 3.8) is 0 Å². The monoisotopic (exact) mass is 302 g/mol. The van der Waals surface area contributed by atoms with E-state index in [0.29, 0.717) is 12.1 Å². The van der Waals surface area contributed by atoms with Crippen LogP contribution in [0.25, 0.3) is 5.57 Å². The lowest BCUT2D eigenvalue weighted by molar-refractivity contribution is 0.0129. The molecule has 2 rings (SSSR count). The molecular weight excluding hydrogens is 279 g/mol. The number of hydrogen-bond donors (Lipinski definition) is 1. The van der Waals surface area contributed by atoms with Gasteiger partial charge in [0.2, 0.25) is 5.92 Å². The molecule has 1 aromatic rings. The molecule has 0 aromatic heterocycles. The van der Waals surface area contributed by atoms with Crippen LogP contribution in [0.3, 0.4) is 0 Å². The number of alkyl halides is 2. The van der Waals surface area contributed by atoms with Crippen LogP contribution >= 0.6 is 0 Å². The molecule has 1 heterocycles. The molecule has 0 spiro atoms. The van der Waals surface area contributed by atoms with E-state index < -0.39 is 5.92 Å². The van der Waals surface area contributed by atoms with E-state index in [-0.39, 0.29) is 12.4 Å². The predicted molar refractivity (Wildman–Crippen MR) is 90.2 cm³/mol. The molecule has 0 saturated carbocycles. The van der Waals surface area contributed by atoms with Crippen molar-refractivity contribution in [1.82, 2.24) is 5.32 Å². The Balaban J connectivity index is 1.97. The highest BCUT2D eigenvalue weighted by Gasteiger charge is 2.24. The molecule has 0 aliphatic carbocycles. The zero-order chi connectivity index (χ0) is 16.3. The fraction of sp³-hybridized carbons (Fsp3) is 0.444. The van der Waals surface area contributed by atoms with Gasteiger partial charge in [0.05, 0.1) is 0 Å². The second kappa shape index (κ2) is 6.68. The molecule has 1 N–H and O–H groups in total. The summed E-state index contributed by atoms with van der Waals surface area (Å²) < 4.78 is 25.8. The second-order valence-electron chi connectivity index (χ2n) is 6.29. The van der Waals surface area contributed by atoms with Crippen LogP contribution in [0.2, 0.25) is 0 Å². The number of nitrogens with one attached hydrogen (secondary N) is 1. The Morgan fingerprint density at radius 2 is 2.14 bits per heavy atom. The Bertz CT molecular complexity index is 575. The highest BCUT2D eigenvalue weighted by molar-refractivity contribution is 6.38. The number of halogens is 2. The van der Waals surface area contributed by atoms with Crippen molar-refractivity contribution in [2.45, 2.75) is 51.3 Å². The lowest BCUT2D eigenvalue weighted by Gasteiger charge is -2.28. The minimum atomic E-state index is -2.64. The van der Waals surface area contributed by atoms with E-state index in [1.807, 2.05) is 6.92 Å². The maximum atomic E-state index is 12.9. The van der Waals surface area contributed by atoms with E-state index in [1.54, 1.807) is 0 Å². The highest BCUT2D eigenvalue weighted by atomic mass is 19.3. The van der Waals surface area contributed by atoms with E-state index in [4.69, 9.17) is 0 Å². The number of benzene rings is 1. The first-order valence-corrected chi connectivity index (χ1v) is 7.68. The van der Waals surface area contributed by atoms with Crippen LogP contribution in [0.5, 0.6) is 0 Å². The Hall–Kier alpha value is -1.58. The van der Waals surface area contributed by atoms with Gasteiger partial charge in [0, 0.05) is 12.1 Å². The molecule has 4 heteroatoms. The van der Waals surface area contributed by atoms with Crippen LogP contribution in [-0.4, -0.2) is 19.1 Å². The molecule has 1 aliphatic rings. The number of fused-ring (bicyclic) bond motifs is 1. The van der Waals surface area contributed by atoms with Crippen molar-refractivity contribution in [2.24, 2.45) is 0 Å². The third-order valence-electron chi connectivity index (χ3n) is 4.03. The highest BCUT2D eigenvalue weighted by Crippen LogP contribution is 2.26. The molecule has 0 fully saturated rings. The van der Waals surface area contributed by atoms with Gasteiger partial charge in [-0.1, -0.05) is 43.3 Å². The largest absolute Gasteiger partial charge is 0.394 e. The van der Waals surface area contributed by atoms with Crippen molar-refractivity contribution in [3.05, 3.63) is 53.7 Å². The van der Waals surface area contributed by atoms with Crippen LogP contribution in [0.4, 0.5) is 8.78 Å². The first-order valence-electron chi connectivity index (χ1n) is 7.68. The maximum Gasteiger partial charge on any atom is 0.245 e.